The summed E-state index contributed by atoms with van der Waals surface area (Å²) in [5.41, 5.74) is -0.165. The summed E-state index contributed by atoms with van der Waals surface area (Å²) in [7, 11) is 0. The van der Waals surface area contributed by atoms with Crippen LogP contribution in [0.25, 0.3) is 0 Å². The highest BCUT2D eigenvalue weighted by Gasteiger charge is 2.16. The number of carboxylic acid groups (broad SMARTS) is 1. The molecule has 6 heteroatoms. The van der Waals surface area contributed by atoms with Crippen molar-refractivity contribution in [3.63, 3.8) is 0 Å². The van der Waals surface area contributed by atoms with Crippen molar-refractivity contribution in [2.75, 3.05) is 5.32 Å². The van der Waals surface area contributed by atoms with Crippen LogP contribution < -0.4 is 10.1 Å². The van der Waals surface area contributed by atoms with E-state index in [1.54, 1.807) is 0 Å². The molecule has 90 valence electrons. The van der Waals surface area contributed by atoms with Crippen molar-refractivity contribution in [1.82, 2.24) is 0 Å². The quantitative estimate of drug-likeness (QED) is 0.610. The summed E-state index contributed by atoms with van der Waals surface area (Å²) in [5.74, 6) is -2.26. The van der Waals surface area contributed by atoms with Gasteiger partial charge in [0.2, 0.25) is 5.91 Å². The van der Waals surface area contributed by atoms with Crippen LogP contribution in [-0.4, -0.2) is 23.0 Å². The Balaban J connectivity index is 3.28. The van der Waals surface area contributed by atoms with Crippen LogP contribution in [0.3, 0.4) is 0 Å². The zero-order chi connectivity index (χ0) is 13.0. The summed E-state index contributed by atoms with van der Waals surface area (Å²) in [5, 5.41) is 11.3. The minimum absolute atomic E-state index is 0.00704. The fraction of sp³-hybridized carbons (Fsp3) is 0.182. The van der Waals surface area contributed by atoms with Gasteiger partial charge in [0.05, 0.1) is 11.3 Å². The van der Waals surface area contributed by atoms with Crippen molar-refractivity contribution >= 4 is 23.5 Å². The van der Waals surface area contributed by atoms with Gasteiger partial charge in [-0.1, -0.05) is 6.07 Å². The highest BCUT2D eigenvalue weighted by molar-refractivity contribution is 6.02. The summed E-state index contributed by atoms with van der Waals surface area (Å²) >= 11 is 0. The second-order valence-corrected chi connectivity index (χ2v) is 3.26. The largest absolute Gasteiger partial charge is 0.478 e. The number of aromatic carboxylic acids is 1. The van der Waals surface area contributed by atoms with Crippen molar-refractivity contribution in [3.05, 3.63) is 23.8 Å². The van der Waals surface area contributed by atoms with Gasteiger partial charge in [-0.25, -0.2) is 4.79 Å². The molecule has 17 heavy (non-hydrogen) atoms. The molecular weight excluding hydrogens is 226 g/mol. The third-order valence-electron chi connectivity index (χ3n) is 1.81. The lowest BCUT2D eigenvalue weighted by atomic mass is 10.1. The fourth-order valence-corrected chi connectivity index (χ4v) is 1.25. The third-order valence-corrected chi connectivity index (χ3v) is 1.81. The molecule has 0 aliphatic heterocycles. The molecule has 0 heterocycles. The molecule has 0 spiro atoms. The lowest BCUT2D eigenvalue weighted by Crippen LogP contribution is -2.13. The summed E-state index contributed by atoms with van der Waals surface area (Å²) < 4.78 is 4.82. The number of benzene rings is 1. The first kappa shape index (κ1) is 12.7. The number of hydrogen-bond acceptors (Lipinski definition) is 4. The molecule has 0 aromatic heterocycles. The smallest absolute Gasteiger partial charge is 0.337 e. The van der Waals surface area contributed by atoms with Crippen molar-refractivity contribution in [1.29, 1.82) is 0 Å². The van der Waals surface area contributed by atoms with E-state index < -0.39 is 17.8 Å². The number of ether oxygens (including phenoxy) is 1. The van der Waals surface area contributed by atoms with E-state index in [9.17, 15) is 14.4 Å². The van der Waals surface area contributed by atoms with Gasteiger partial charge in [-0.3, -0.25) is 9.59 Å². The van der Waals surface area contributed by atoms with Crippen molar-refractivity contribution < 1.29 is 24.2 Å². The van der Waals surface area contributed by atoms with Gasteiger partial charge in [0.1, 0.15) is 0 Å². The zero-order valence-corrected chi connectivity index (χ0v) is 9.31. The lowest BCUT2D eigenvalue weighted by Gasteiger charge is -2.11. The molecule has 1 amide bonds. The molecule has 0 radical (unpaired) electrons. The van der Waals surface area contributed by atoms with Crippen LogP contribution in [0.15, 0.2) is 18.2 Å². The number of hydrogen-bond donors (Lipinski definition) is 2. The summed E-state index contributed by atoms with van der Waals surface area (Å²) in [4.78, 5) is 32.8. The fourth-order valence-electron chi connectivity index (χ4n) is 1.25. The van der Waals surface area contributed by atoms with E-state index in [0.717, 1.165) is 0 Å². The van der Waals surface area contributed by atoms with Crippen LogP contribution in [0.1, 0.15) is 24.2 Å². The highest BCUT2D eigenvalue weighted by Crippen LogP contribution is 2.28. The summed E-state index contributed by atoms with van der Waals surface area (Å²) in [6, 6.07) is 4.13. The average molecular weight is 237 g/mol. The molecule has 1 aromatic carbocycles. The van der Waals surface area contributed by atoms with E-state index in [0.29, 0.717) is 0 Å². The van der Waals surface area contributed by atoms with Crippen LogP contribution in [-0.2, 0) is 9.59 Å². The number of esters is 1. The Labute approximate surface area is 97.2 Å². The van der Waals surface area contributed by atoms with Crippen LogP contribution >= 0.6 is 0 Å². The third kappa shape index (κ3) is 3.30. The van der Waals surface area contributed by atoms with E-state index in [2.05, 4.69) is 5.32 Å². The topological polar surface area (TPSA) is 92.7 Å². The Kier molecular flexibility index (Phi) is 3.82. The minimum Gasteiger partial charge on any atom is -0.478 e. The number of anilines is 1. The van der Waals surface area contributed by atoms with Gasteiger partial charge in [0, 0.05) is 13.8 Å². The first-order valence-electron chi connectivity index (χ1n) is 4.74. The number of amides is 1. The van der Waals surface area contributed by atoms with Gasteiger partial charge >= 0.3 is 11.9 Å². The van der Waals surface area contributed by atoms with E-state index >= 15 is 0 Å². The van der Waals surface area contributed by atoms with Gasteiger partial charge in [-0.05, 0) is 12.1 Å². The van der Waals surface area contributed by atoms with Gasteiger partial charge in [-0.15, -0.1) is 0 Å². The Bertz CT molecular complexity index is 481. The molecule has 0 aliphatic rings. The number of carbonyl (C=O) groups is 3. The molecular formula is C11H11NO5. The first-order valence-corrected chi connectivity index (χ1v) is 4.74. The second-order valence-electron chi connectivity index (χ2n) is 3.26. The number of carboxylic acids is 1. The number of nitrogens with one attached hydrogen (secondary N) is 1. The predicted molar refractivity (Wildman–Crippen MR) is 59.0 cm³/mol. The number of para-hydroxylation sites is 1. The Morgan fingerprint density at radius 2 is 1.88 bits per heavy atom. The van der Waals surface area contributed by atoms with Crippen LogP contribution in [0.4, 0.5) is 5.69 Å². The molecule has 0 unspecified atom stereocenters. The monoisotopic (exact) mass is 237 g/mol. The molecule has 0 fully saturated rings. The minimum atomic E-state index is -1.22. The van der Waals surface area contributed by atoms with Gasteiger partial charge < -0.3 is 15.2 Å². The Hall–Kier alpha value is -2.37. The maximum Gasteiger partial charge on any atom is 0.337 e. The molecule has 0 bridgehead atoms. The Morgan fingerprint density at radius 1 is 1.24 bits per heavy atom. The van der Waals surface area contributed by atoms with Crippen LogP contribution in [0.5, 0.6) is 5.75 Å². The van der Waals surface area contributed by atoms with Gasteiger partial charge in [0.25, 0.3) is 0 Å². The SMILES string of the molecule is CC(=O)Nc1c(OC(C)=O)cccc1C(=O)O. The highest BCUT2D eigenvalue weighted by atomic mass is 16.5. The number of carbonyl (C=O) groups excluding carboxylic acids is 2. The maximum atomic E-state index is 11.0. The van der Waals surface area contributed by atoms with E-state index in [1.807, 2.05) is 0 Å². The van der Waals surface area contributed by atoms with E-state index in [4.69, 9.17) is 9.84 Å². The average Bonchev–Trinajstić information content (AvgIpc) is 2.18. The van der Waals surface area contributed by atoms with Crippen LogP contribution in [0, 0.1) is 0 Å². The summed E-state index contributed by atoms with van der Waals surface area (Å²) in [6.45, 7) is 2.42. The predicted octanol–water partition coefficient (Wildman–Crippen LogP) is 1.27. The van der Waals surface area contributed by atoms with Crippen molar-refractivity contribution in [2.24, 2.45) is 0 Å². The van der Waals surface area contributed by atoms with Crippen molar-refractivity contribution in [3.8, 4) is 5.75 Å². The lowest BCUT2D eigenvalue weighted by molar-refractivity contribution is -0.131. The van der Waals surface area contributed by atoms with E-state index in [-0.39, 0.29) is 17.0 Å². The molecule has 0 atom stereocenters. The maximum absolute atomic E-state index is 11.0. The Morgan fingerprint density at radius 3 is 2.35 bits per heavy atom. The van der Waals surface area contributed by atoms with E-state index in [1.165, 1.54) is 32.0 Å². The molecule has 0 saturated carbocycles. The second kappa shape index (κ2) is 5.11. The molecule has 1 aromatic rings. The molecule has 1 rings (SSSR count). The van der Waals surface area contributed by atoms with Crippen LogP contribution in [0.2, 0.25) is 0 Å². The van der Waals surface area contributed by atoms with Gasteiger partial charge in [-0.2, -0.15) is 0 Å². The molecule has 2 N–H and O–H groups in total. The normalized spacial score (nSPS) is 9.53. The van der Waals surface area contributed by atoms with Gasteiger partial charge in [0.15, 0.2) is 5.75 Å². The number of rotatable bonds is 3. The zero-order valence-electron chi connectivity index (χ0n) is 9.31. The summed E-state index contributed by atoms with van der Waals surface area (Å²) in [6.07, 6.45) is 0. The molecule has 0 aliphatic carbocycles. The standard InChI is InChI=1S/C11H11NO5/c1-6(13)12-10-8(11(15)16)4-3-5-9(10)17-7(2)14/h3-5H,1-2H3,(H,12,13)(H,15,16). The molecule has 0 saturated heterocycles. The van der Waals surface area contributed by atoms with Crippen molar-refractivity contribution in [2.45, 2.75) is 13.8 Å². The first-order chi connectivity index (χ1) is 7.91. The molecule has 6 nitrogen and oxygen atoms in total.